The second-order valence-electron chi connectivity index (χ2n) is 4.75. The Morgan fingerprint density at radius 3 is 2.58 bits per heavy atom. The Morgan fingerprint density at radius 1 is 0.895 bits per heavy atom. The summed E-state index contributed by atoms with van der Waals surface area (Å²) in [6, 6.07) is 13.7. The van der Waals surface area contributed by atoms with E-state index in [2.05, 4.69) is 42.0 Å². The SMILES string of the molecule is Cc1cccc2c1ccn2CCn1ccccc1=O. The highest BCUT2D eigenvalue weighted by Gasteiger charge is 2.03. The zero-order chi connectivity index (χ0) is 13.2. The van der Waals surface area contributed by atoms with Crippen LogP contribution in [-0.2, 0) is 13.1 Å². The van der Waals surface area contributed by atoms with Crippen molar-refractivity contribution in [3.63, 3.8) is 0 Å². The van der Waals surface area contributed by atoms with Gasteiger partial charge in [-0.05, 0) is 30.7 Å². The third-order valence-corrected chi connectivity index (χ3v) is 3.51. The first-order valence-corrected chi connectivity index (χ1v) is 6.45. The summed E-state index contributed by atoms with van der Waals surface area (Å²) in [7, 11) is 0. The van der Waals surface area contributed by atoms with Crippen molar-refractivity contribution < 1.29 is 0 Å². The quantitative estimate of drug-likeness (QED) is 0.704. The zero-order valence-electron chi connectivity index (χ0n) is 10.9. The van der Waals surface area contributed by atoms with Crippen LogP contribution in [0.1, 0.15) is 5.56 Å². The molecular weight excluding hydrogens is 236 g/mol. The molecule has 0 amide bonds. The van der Waals surface area contributed by atoms with Crippen LogP contribution >= 0.6 is 0 Å². The van der Waals surface area contributed by atoms with Crippen LogP contribution in [0.2, 0.25) is 0 Å². The highest BCUT2D eigenvalue weighted by molar-refractivity contribution is 5.83. The molecule has 0 unspecified atom stereocenters. The molecule has 0 aliphatic carbocycles. The van der Waals surface area contributed by atoms with Crippen LogP contribution in [0.25, 0.3) is 10.9 Å². The van der Waals surface area contributed by atoms with Crippen molar-refractivity contribution in [3.05, 3.63) is 70.8 Å². The largest absolute Gasteiger partial charge is 0.346 e. The van der Waals surface area contributed by atoms with Gasteiger partial charge in [-0.1, -0.05) is 18.2 Å². The van der Waals surface area contributed by atoms with Crippen LogP contribution in [0.5, 0.6) is 0 Å². The van der Waals surface area contributed by atoms with Gasteiger partial charge in [-0.3, -0.25) is 4.79 Å². The van der Waals surface area contributed by atoms with E-state index in [-0.39, 0.29) is 5.56 Å². The Balaban J connectivity index is 1.89. The third kappa shape index (κ3) is 2.19. The van der Waals surface area contributed by atoms with Crippen LogP contribution in [0.4, 0.5) is 0 Å². The fraction of sp³-hybridized carbons (Fsp3) is 0.188. The van der Waals surface area contributed by atoms with Gasteiger partial charge in [-0.25, -0.2) is 0 Å². The van der Waals surface area contributed by atoms with Crippen LogP contribution < -0.4 is 5.56 Å². The van der Waals surface area contributed by atoms with Gasteiger partial charge in [0.1, 0.15) is 0 Å². The summed E-state index contributed by atoms with van der Waals surface area (Å²) in [6.45, 7) is 3.61. The van der Waals surface area contributed by atoms with E-state index in [1.165, 1.54) is 16.5 Å². The lowest BCUT2D eigenvalue weighted by Gasteiger charge is -2.08. The molecule has 3 rings (SSSR count). The minimum atomic E-state index is 0.0511. The minimum absolute atomic E-state index is 0.0511. The number of rotatable bonds is 3. The molecule has 1 aromatic carbocycles. The number of fused-ring (bicyclic) bond motifs is 1. The van der Waals surface area contributed by atoms with Gasteiger partial charge in [-0.2, -0.15) is 0 Å². The number of nitrogens with zero attached hydrogens (tertiary/aromatic N) is 2. The number of pyridine rings is 1. The highest BCUT2D eigenvalue weighted by atomic mass is 16.1. The number of hydrogen-bond acceptors (Lipinski definition) is 1. The van der Waals surface area contributed by atoms with Gasteiger partial charge >= 0.3 is 0 Å². The first-order chi connectivity index (χ1) is 9.25. The van der Waals surface area contributed by atoms with Gasteiger partial charge in [0.25, 0.3) is 5.56 Å². The summed E-state index contributed by atoms with van der Waals surface area (Å²) in [4.78, 5) is 11.7. The molecule has 0 fully saturated rings. The smallest absolute Gasteiger partial charge is 0.250 e. The topological polar surface area (TPSA) is 26.9 Å². The molecule has 3 aromatic rings. The predicted octanol–water partition coefficient (Wildman–Crippen LogP) is 2.81. The van der Waals surface area contributed by atoms with Crippen LogP contribution in [-0.4, -0.2) is 9.13 Å². The van der Waals surface area contributed by atoms with E-state index >= 15 is 0 Å². The highest BCUT2D eigenvalue weighted by Crippen LogP contribution is 2.19. The van der Waals surface area contributed by atoms with E-state index in [9.17, 15) is 4.79 Å². The molecular formula is C16H16N2O. The van der Waals surface area contributed by atoms with Crippen molar-refractivity contribution in [2.75, 3.05) is 0 Å². The average Bonchev–Trinajstić information content (AvgIpc) is 2.83. The fourth-order valence-electron chi connectivity index (χ4n) is 2.43. The maximum atomic E-state index is 11.7. The molecule has 0 aliphatic heterocycles. The van der Waals surface area contributed by atoms with Crippen molar-refractivity contribution in [1.82, 2.24) is 9.13 Å². The lowest BCUT2D eigenvalue weighted by atomic mass is 10.1. The maximum Gasteiger partial charge on any atom is 0.250 e. The summed E-state index contributed by atoms with van der Waals surface area (Å²) in [6.07, 6.45) is 3.92. The number of hydrogen-bond donors (Lipinski definition) is 0. The molecule has 0 saturated heterocycles. The molecule has 19 heavy (non-hydrogen) atoms. The lowest BCUT2D eigenvalue weighted by molar-refractivity contribution is 0.577. The number of aryl methyl sites for hydroxylation is 3. The normalized spacial score (nSPS) is 11.0. The standard InChI is InChI=1S/C16H16N2O/c1-13-5-4-6-15-14(13)8-10-17(15)11-12-18-9-3-2-7-16(18)19/h2-10H,11-12H2,1H3. The Hall–Kier alpha value is -2.29. The van der Waals surface area contributed by atoms with Crippen LogP contribution in [0.15, 0.2) is 59.7 Å². The Morgan fingerprint density at radius 2 is 1.74 bits per heavy atom. The minimum Gasteiger partial charge on any atom is -0.346 e. The third-order valence-electron chi connectivity index (χ3n) is 3.51. The molecule has 96 valence electrons. The Bertz CT molecular complexity index is 768. The summed E-state index contributed by atoms with van der Waals surface area (Å²) >= 11 is 0. The summed E-state index contributed by atoms with van der Waals surface area (Å²) in [5, 5.41) is 1.28. The van der Waals surface area contributed by atoms with Crippen molar-refractivity contribution in [1.29, 1.82) is 0 Å². The van der Waals surface area contributed by atoms with Gasteiger partial charge in [0.05, 0.1) is 0 Å². The Kier molecular flexibility index (Phi) is 2.95. The molecule has 3 heteroatoms. The molecule has 0 bridgehead atoms. The van der Waals surface area contributed by atoms with Gasteiger partial charge in [0.2, 0.25) is 0 Å². The van der Waals surface area contributed by atoms with E-state index in [1.807, 2.05) is 12.3 Å². The maximum absolute atomic E-state index is 11.7. The molecule has 0 atom stereocenters. The number of aromatic nitrogens is 2. The van der Waals surface area contributed by atoms with Crippen LogP contribution in [0, 0.1) is 6.92 Å². The van der Waals surface area contributed by atoms with E-state index in [0.29, 0.717) is 6.54 Å². The first-order valence-electron chi connectivity index (χ1n) is 6.45. The molecule has 0 spiro atoms. The lowest BCUT2D eigenvalue weighted by Crippen LogP contribution is -2.20. The van der Waals surface area contributed by atoms with Gasteiger partial charge in [0.15, 0.2) is 0 Å². The second kappa shape index (κ2) is 4.76. The summed E-state index contributed by atoms with van der Waals surface area (Å²) in [5.41, 5.74) is 2.56. The number of benzene rings is 1. The zero-order valence-corrected chi connectivity index (χ0v) is 10.9. The van der Waals surface area contributed by atoms with E-state index in [1.54, 1.807) is 16.7 Å². The molecule has 2 heterocycles. The van der Waals surface area contributed by atoms with E-state index in [4.69, 9.17) is 0 Å². The van der Waals surface area contributed by atoms with Crippen LogP contribution in [0.3, 0.4) is 0 Å². The van der Waals surface area contributed by atoms with Gasteiger partial charge in [-0.15, -0.1) is 0 Å². The van der Waals surface area contributed by atoms with Crippen molar-refractivity contribution in [3.8, 4) is 0 Å². The van der Waals surface area contributed by atoms with Crippen molar-refractivity contribution in [2.24, 2.45) is 0 Å². The Labute approximate surface area is 111 Å². The molecule has 2 aromatic heterocycles. The average molecular weight is 252 g/mol. The van der Waals surface area contributed by atoms with Crippen molar-refractivity contribution in [2.45, 2.75) is 20.0 Å². The van der Waals surface area contributed by atoms with Crippen molar-refractivity contribution >= 4 is 10.9 Å². The first kappa shape index (κ1) is 11.8. The molecule has 0 N–H and O–H groups in total. The molecule has 0 radical (unpaired) electrons. The molecule has 3 nitrogen and oxygen atoms in total. The van der Waals surface area contributed by atoms with Gasteiger partial charge in [0, 0.05) is 42.5 Å². The monoisotopic (exact) mass is 252 g/mol. The molecule has 0 aliphatic rings. The predicted molar refractivity (Wildman–Crippen MR) is 77.4 cm³/mol. The summed E-state index contributed by atoms with van der Waals surface area (Å²) < 4.78 is 3.93. The van der Waals surface area contributed by atoms with Gasteiger partial charge < -0.3 is 9.13 Å². The second-order valence-corrected chi connectivity index (χ2v) is 4.75. The summed E-state index contributed by atoms with van der Waals surface area (Å²) in [5.74, 6) is 0. The fourth-order valence-corrected chi connectivity index (χ4v) is 2.43. The van der Waals surface area contributed by atoms with E-state index in [0.717, 1.165) is 6.54 Å². The molecule has 0 saturated carbocycles. The van der Waals surface area contributed by atoms with E-state index < -0.39 is 0 Å².